The largest absolute Gasteiger partial charge is 0.383 e. The summed E-state index contributed by atoms with van der Waals surface area (Å²) in [6, 6.07) is 14.3. The van der Waals surface area contributed by atoms with Crippen LogP contribution in [0.25, 0.3) is 22.7 Å². The second-order valence-electron chi connectivity index (χ2n) is 8.17. The van der Waals surface area contributed by atoms with Crippen LogP contribution in [0.4, 0.5) is 5.82 Å². The summed E-state index contributed by atoms with van der Waals surface area (Å²) in [5.41, 5.74) is 9.17. The van der Waals surface area contributed by atoms with Crippen LogP contribution >= 0.6 is 11.6 Å². The Morgan fingerprint density at radius 2 is 2.00 bits per heavy atom. The van der Waals surface area contributed by atoms with Gasteiger partial charge in [0.05, 0.1) is 16.9 Å². The molecular weight excluding hydrogens is 450 g/mol. The number of alkyl halides is 1. The molecule has 1 aromatic carbocycles. The zero-order valence-corrected chi connectivity index (χ0v) is 19.2. The number of halogens is 1. The molecule has 0 radical (unpaired) electrons. The first-order chi connectivity index (χ1) is 16.5. The molecule has 1 amide bonds. The number of pyridine rings is 3. The number of hydrogen-bond donors (Lipinski definition) is 2. The van der Waals surface area contributed by atoms with Gasteiger partial charge in [-0.25, -0.2) is 4.98 Å². The molecular formula is C26H22ClN5O2. The van der Waals surface area contributed by atoms with Crippen LogP contribution in [0.2, 0.25) is 0 Å². The molecule has 34 heavy (non-hydrogen) atoms. The van der Waals surface area contributed by atoms with Crippen LogP contribution in [0.3, 0.4) is 0 Å². The van der Waals surface area contributed by atoms with Crippen molar-refractivity contribution in [1.82, 2.24) is 19.9 Å². The molecule has 1 unspecified atom stereocenters. The predicted molar refractivity (Wildman–Crippen MR) is 134 cm³/mol. The summed E-state index contributed by atoms with van der Waals surface area (Å²) in [4.78, 5) is 35.4. The third-order valence-electron chi connectivity index (χ3n) is 5.97. The van der Waals surface area contributed by atoms with Crippen molar-refractivity contribution < 1.29 is 4.79 Å². The van der Waals surface area contributed by atoms with E-state index in [1.165, 1.54) is 0 Å². The summed E-state index contributed by atoms with van der Waals surface area (Å²) >= 11 is 6.52. The van der Waals surface area contributed by atoms with E-state index in [1.54, 1.807) is 23.0 Å². The number of allylic oxidation sites excluding steroid dienone is 1. The maximum Gasteiger partial charge on any atom is 0.260 e. The third kappa shape index (κ3) is 3.74. The van der Waals surface area contributed by atoms with E-state index < -0.39 is 17.3 Å². The third-order valence-corrected chi connectivity index (χ3v) is 6.36. The average Bonchev–Trinajstić information content (AvgIpc) is 2.84. The van der Waals surface area contributed by atoms with Crippen molar-refractivity contribution in [3.63, 3.8) is 0 Å². The van der Waals surface area contributed by atoms with E-state index in [9.17, 15) is 9.59 Å². The van der Waals surface area contributed by atoms with Crippen molar-refractivity contribution in [2.45, 2.75) is 24.8 Å². The highest BCUT2D eigenvalue weighted by molar-refractivity contribution is 6.21. The number of hydrogen-bond acceptors (Lipinski definition) is 5. The van der Waals surface area contributed by atoms with Crippen LogP contribution in [-0.4, -0.2) is 20.4 Å². The number of nitrogens with two attached hydrogens (primary N) is 1. The number of anilines is 1. The number of rotatable bonds is 4. The van der Waals surface area contributed by atoms with Crippen molar-refractivity contribution >= 4 is 40.3 Å². The van der Waals surface area contributed by atoms with Crippen molar-refractivity contribution in [3.8, 4) is 5.69 Å². The number of fused-ring (bicyclic) bond motifs is 2. The van der Waals surface area contributed by atoms with Gasteiger partial charge >= 0.3 is 0 Å². The van der Waals surface area contributed by atoms with Gasteiger partial charge in [-0.15, -0.1) is 11.6 Å². The quantitative estimate of drug-likeness (QED) is 0.425. The minimum Gasteiger partial charge on any atom is -0.383 e. The normalized spacial score (nSPS) is 15.6. The summed E-state index contributed by atoms with van der Waals surface area (Å²) in [6.45, 7) is 1.82. The summed E-state index contributed by atoms with van der Waals surface area (Å²) in [5, 5.41) is 3.29. The Morgan fingerprint density at radius 1 is 1.21 bits per heavy atom. The van der Waals surface area contributed by atoms with Crippen molar-refractivity contribution in [2.75, 3.05) is 5.73 Å². The molecule has 0 saturated heterocycles. The topological polar surface area (TPSA) is 103 Å². The van der Waals surface area contributed by atoms with E-state index >= 15 is 0 Å². The van der Waals surface area contributed by atoms with Crippen molar-refractivity contribution in [2.24, 2.45) is 0 Å². The zero-order chi connectivity index (χ0) is 23.8. The standard InChI is InChI=1S/C26H22ClN5O2/c1-15(31-25(33)22-23-17(8-6-12-29-23)14-30-24(22)28)20-13-16-7-5-11-19(27)21(16)26(34)32(20)18-9-3-2-4-10-18/h2-10,12-15,19H,11H2,1H3,(H2,28,30)(H,31,33)/t15-,19?/m0/s1. The lowest BCUT2D eigenvalue weighted by Gasteiger charge is -2.24. The molecule has 170 valence electrons. The number of nitrogen functional groups attached to an aromatic ring is 1. The SMILES string of the molecule is C[C@H](NC(=O)c1c(N)ncc2cccnc12)c1cc2c(c(=O)n1-c1ccccc1)C(Cl)CC=C2. The van der Waals surface area contributed by atoms with E-state index in [-0.39, 0.29) is 16.9 Å². The maximum atomic E-state index is 13.6. The summed E-state index contributed by atoms with van der Waals surface area (Å²) in [5.74, 6) is -0.327. The second-order valence-corrected chi connectivity index (χ2v) is 8.70. The molecule has 0 bridgehead atoms. The van der Waals surface area contributed by atoms with Gasteiger partial charge < -0.3 is 11.1 Å². The lowest BCUT2D eigenvalue weighted by molar-refractivity contribution is 0.0941. The molecule has 0 spiro atoms. The molecule has 3 aromatic heterocycles. The fraction of sp³-hybridized carbons (Fsp3) is 0.154. The molecule has 1 aliphatic rings. The number of nitrogens with one attached hydrogen (secondary N) is 1. The summed E-state index contributed by atoms with van der Waals surface area (Å²) in [6.07, 6.45) is 7.63. The molecule has 0 saturated carbocycles. The second kappa shape index (κ2) is 8.76. The summed E-state index contributed by atoms with van der Waals surface area (Å²) < 4.78 is 1.61. The predicted octanol–water partition coefficient (Wildman–Crippen LogP) is 4.55. The van der Waals surface area contributed by atoms with Gasteiger partial charge in [-0.3, -0.25) is 19.1 Å². The Hall–Kier alpha value is -3.97. The Morgan fingerprint density at radius 3 is 2.79 bits per heavy atom. The summed E-state index contributed by atoms with van der Waals surface area (Å²) in [7, 11) is 0. The van der Waals surface area contributed by atoms with E-state index in [4.69, 9.17) is 17.3 Å². The van der Waals surface area contributed by atoms with Crippen molar-refractivity contribution in [3.05, 3.63) is 99.7 Å². The van der Waals surface area contributed by atoms with Crippen LogP contribution in [0, 0.1) is 0 Å². The zero-order valence-electron chi connectivity index (χ0n) is 18.4. The smallest absolute Gasteiger partial charge is 0.260 e. The van der Waals surface area contributed by atoms with Crippen LogP contribution < -0.4 is 16.6 Å². The van der Waals surface area contributed by atoms with Crippen LogP contribution in [0.15, 0.2) is 71.8 Å². The molecule has 8 heteroatoms. The first-order valence-electron chi connectivity index (χ1n) is 10.9. The van der Waals surface area contributed by atoms with Crippen molar-refractivity contribution in [1.29, 1.82) is 0 Å². The molecule has 7 nitrogen and oxygen atoms in total. The van der Waals surface area contributed by atoms with Gasteiger partial charge in [-0.05, 0) is 49.2 Å². The number of benzene rings is 1. The fourth-order valence-electron chi connectivity index (χ4n) is 4.33. The number of aromatic nitrogens is 3. The number of amides is 1. The molecule has 3 N–H and O–H groups in total. The minimum atomic E-state index is -0.534. The lowest BCUT2D eigenvalue weighted by Crippen LogP contribution is -2.34. The molecule has 1 aliphatic carbocycles. The Bertz CT molecular complexity index is 1500. The van der Waals surface area contributed by atoms with E-state index in [2.05, 4.69) is 15.3 Å². The van der Waals surface area contributed by atoms with Gasteiger partial charge in [0.15, 0.2) is 0 Å². The molecule has 4 aromatic rings. The van der Waals surface area contributed by atoms with Gasteiger partial charge in [0.2, 0.25) is 0 Å². The maximum absolute atomic E-state index is 13.6. The molecule has 0 aliphatic heterocycles. The fourth-order valence-corrected chi connectivity index (χ4v) is 4.65. The van der Waals surface area contributed by atoms with E-state index in [0.717, 1.165) is 5.56 Å². The van der Waals surface area contributed by atoms with Crippen LogP contribution in [-0.2, 0) is 0 Å². The first-order valence-corrected chi connectivity index (χ1v) is 11.3. The van der Waals surface area contributed by atoms with Gasteiger partial charge in [-0.2, -0.15) is 0 Å². The number of para-hydroxylation sites is 1. The lowest BCUT2D eigenvalue weighted by atomic mass is 9.96. The number of carbonyl (C=O) groups excluding carboxylic acids is 1. The van der Waals surface area contributed by atoms with Gasteiger partial charge in [0.1, 0.15) is 11.4 Å². The number of carbonyl (C=O) groups is 1. The van der Waals surface area contributed by atoms with Crippen LogP contribution in [0.1, 0.15) is 51.9 Å². The first kappa shape index (κ1) is 21.9. The highest BCUT2D eigenvalue weighted by atomic mass is 35.5. The van der Waals surface area contributed by atoms with E-state index in [0.29, 0.717) is 34.3 Å². The van der Waals surface area contributed by atoms with Gasteiger partial charge in [-0.1, -0.05) is 30.4 Å². The average molecular weight is 472 g/mol. The Labute approximate surface area is 200 Å². The molecule has 5 rings (SSSR count). The Balaban J connectivity index is 1.61. The minimum absolute atomic E-state index is 0.0923. The molecule has 0 fully saturated rings. The highest BCUT2D eigenvalue weighted by Gasteiger charge is 2.26. The molecule has 3 heterocycles. The monoisotopic (exact) mass is 471 g/mol. The van der Waals surface area contributed by atoms with Crippen LogP contribution in [0.5, 0.6) is 0 Å². The Kier molecular flexibility index (Phi) is 5.63. The van der Waals surface area contributed by atoms with Gasteiger partial charge in [0.25, 0.3) is 11.5 Å². The van der Waals surface area contributed by atoms with E-state index in [1.807, 2.05) is 61.5 Å². The molecule has 2 atom stereocenters. The number of nitrogens with zero attached hydrogens (tertiary/aromatic N) is 3. The highest BCUT2D eigenvalue weighted by Crippen LogP contribution is 2.32. The van der Waals surface area contributed by atoms with Gasteiger partial charge in [0, 0.05) is 34.7 Å².